The number of hydrogen-bond acceptors (Lipinski definition) is 2. The van der Waals surface area contributed by atoms with E-state index in [1.165, 1.54) is 0 Å². The van der Waals surface area contributed by atoms with E-state index in [0.29, 0.717) is 6.10 Å². The monoisotopic (exact) mass is 160 g/mol. The molecule has 0 spiro atoms. The number of hydrogen-bond donors (Lipinski definition) is 0. The number of rotatable bonds is 7. The summed E-state index contributed by atoms with van der Waals surface area (Å²) in [5.41, 5.74) is 0. The van der Waals surface area contributed by atoms with Gasteiger partial charge in [-0.05, 0) is 26.7 Å². The van der Waals surface area contributed by atoms with Crippen molar-refractivity contribution in [3.8, 4) is 0 Å². The summed E-state index contributed by atoms with van der Waals surface area (Å²) in [7, 11) is 0. The smallest absolute Gasteiger partial charge is 0.0568 e. The van der Waals surface area contributed by atoms with Gasteiger partial charge < -0.3 is 9.47 Å². The second-order valence-electron chi connectivity index (χ2n) is 2.67. The molecule has 0 N–H and O–H groups in total. The van der Waals surface area contributed by atoms with Gasteiger partial charge >= 0.3 is 0 Å². The molecule has 0 aliphatic rings. The summed E-state index contributed by atoms with van der Waals surface area (Å²) in [5.74, 6) is 0. The topological polar surface area (TPSA) is 18.5 Å². The highest BCUT2D eigenvalue weighted by Crippen LogP contribution is 1.97. The lowest BCUT2D eigenvalue weighted by Crippen LogP contribution is -2.11. The standard InChI is InChI=1S/C9H20O2/c1-4-7-10-8-6-9(3)11-5-2/h9H,4-8H2,1-3H3. The van der Waals surface area contributed by atoms with Crippen molar-refractivity contribution < 1.29 is 9.47 Å². The van der Waals surface area contributed by atoms with Crippen LogP contribution in [0, 0.1) is 0 Å². The zero-order valence-electron chi connectivity index (χ0n) is 7.93. The van der Waals surface area contributed by atoms with E-state index in [-0.39, 0.29) is 0 Å². The lowest BCUT2D eigenvalue weighted by molar-refractivity contribution is 0.0383. The van der Waals surface area contributed by atoms with Gasteiger partial charge in [-0.15, -0.1) is 0 Å². The first-order chi connectivity index (χ1) is 5.31. The van der Waals surface area contributed by atoms with Crippen molar-refractivity contribution in [2.45, 2.75) is 39.7 Å². The molecule has 0 bridgehead atoms. The summed E-state index contributed by atoms with van der Waals surface area (Å²) in [6.07, 6.45) is 2.45. The molecule has 0 fully saturated rings. The molecule has 2 heteroatoms. The van der Waals surface area contributed by atoms with E-state index in [1.54, 1.807) is 0 Å². The Hall–Kier alpha value is -0.0800. The largest absolute Gasteiger partial charge is 0.381 e. The maximum atomic E-state index is 5.34. The van der Waals surface area contributed by atoms with E-state index in [2.05, 4.69) is 13.8 Å². The van der Waals surface area contributed by atoms with Crippen LogP contribution in [0.2, 0.25) is 0 Å². The van der Waals surface area contributed by atoms with Gasteiger partial charge in [-0.3, -0.25) is 0 Å². The van der Waals surface area contributed by atoms with Gasteiger partial charge in [0.1, 0.15) is 0 Å². The van der Waals surface area contributed by atoms with Gasteiger partial charge in [0.25, 0.3) is 0 Å². The summed E-state index contributed by atoms with van der Waals surface area (Å²) in [6, 6.07) is 0. The molecular formula is C9H20O2. The van der Waals surface area contributed by atoms with Crippen LogP contribution < -0.4 is 0 Å². The van der Waals surface area contributed by atoms with Crippen LogP contribution in [-0.4, -0.2) is 25.9 Å². The van der Waals surface area contributed by atoms with Crippen LogP contribution in [-0.2, 0) is 9.47 Å². The van der Waals surface area contributed by atoms with Crippen LogP contribution in [0.3, 0.4) is 0 Å². The minimum Gasteiger partial charge on any atom is -0.381 e. The molecule has 0 aliphatic heterocycles. The minimum atomic E-state index is 0.344. The average molecular weight is 160 g/mol. The van der Waals surface area contributed by atoms with E-state index < -0.39 is 0 Å². The molecular weight excluding hydrogens is 140 g/mol. The Morgan fingerprint density at radius 2 is 1.91 bits per heavy atom. The van der Waals surface area contributed by atoms with Crippen molar-refractivity contribution in [1.29, 1.82) is 0 Å². The molecule has 0 amide bonds. The molecule has 0 saturated carbocycles. The van der Waals surface area contributed by atoms with Crippen LogP contribution in [0.4, 0.5) is 0 Å². The Bertz CT molecular complexity index is 74.0. The summed E-state index contributed by atoms with van der Waals surface area (Å²) in [4.78, 5) is 0. The normalized spacial score (nSPS) is 13.4. The molecule has 0 aromatic rings. The van der Waals surface area contributed by atoms with Gasteiger partial charge in [0.15, 0.2) is 0 Å². The van der Waals surface area contributed by atoms with E-state index in [4.69, 9.17) is 9.47 Å². The molecule has 0 aromatic carbocycles. The fourth-order valence-corrected chi connectivity index (χ4v) is 0.864. The second kappa shape index (κ2) is 8.02. The quantitative estimate of drug-likeness (QED) is 0.532. The van der Waals surface area contributed by atoms with Crippen LogP contribution >= 0.6 is 0 Å². The van der Waals surface area contributed by atoms with Crippen molar-refractivity contribution in [1.82, 2.24) is 0 Å². The minimum absolute atomic E-state index is 0.344. The van der Waals surface area contributed by atoms with Gasteiger partial charge in [0.05, 0.1) is 6.10 Å². The van der Waals surface area contributed by atoms with Crippen LogP contribution in [0.25, 0.3) is 0 Å². The van der Waals surface area contributed by atoms with Gasteiger partial charge in [-0.1, -0.05) is 6.92 Å². The van der Waals surface area contributed by atoms with E-state index >= 15 is 0 Å². The van der Waals surface area contributed by atoms with Crippen molar-refractivity contribution in [3.63, 3.8) is 0 Å². The molecule has 0 rings (SSSR count). The summed E-state index contributed by atoms with van der Waals surface area (Å²) < 4.78 is 10.7. The summed E-state index contributed by atoms with van der Waals surface area (Å²) in [5, 5.41) is 0. The van der Waals surface area contributed by atoms with Crippen molar-refractivity contribution in [3.05, 3.63) is 0 Å². The third-order valence-electron chi connectivity index (χ3n) is 1.47. The fraction of sp³-hybridized carbons (Fsp3) is 1.00. The Morgan fingerprint density at radius 1 is 1.18 bits per heavy atom. The lowest BCUT2D eigenvalue weighted by Gasteiger charge is -2.10. The molecule has 0 saturated heterocycles. The van der Waals surface area contributed by atoms with Crippen LogP contribution in [0.15, 0.2) is 0 Å². The molecule has 0 heterocycles. The third kappa shape index (κ3) is 7.82. The molecule has 0 radical (unpaired) electrons. The van der Waals surface area contributed by atoms with Gasteiger partial charge in [0, 0.05) is 19.8 Å². The van der Waals surface area contributed by atoms with Crippen LogP contribution in [0.5, 0.6) is 0 Å². The first-order valence-electron chi connectivity index (χ1n) is 4.50. The van der Waals surface area contributed by atoms with Crippen molar-refractivity contribution >= 4 is 0 Å². The van der Waals surface area contributed by atoms with E-state index in [1.807, 2.05) is 6.92 Å². The molecule has 2 nitrogen and oxygen atoms in total. The fourth-order valence-electron chi connectivity index (χ4n) is 0.864. The Labute approximate surface area is 69.9 Å². The highest BCUT2D eigenvalue weighted by molar-refractivity contribution is 4.47. The first kappa shape index (κ1) is 10.9. The average Bonchev–Trinajstić information content (AvgIpc) is 1.99. The highest BCUT2D eigenvalue weighted by Gasteiger charge is 1.98. The SMILES string of the molecule is CCCOCCC(C)OCC. The highest BCUT2D eigenvalue weighted by atomic mass is 16.5. The van der Waals surface area contributed by atoms with Crippen molar-refractivity contribution in [2.75, 3.05) is 19.8 Å². The lowest BCUT2D eigenvalue weighted by atomic mass is 10.3. The van der Waals surface area contributed by atoms with Crippen molar-refractivity contribution in [2.24, 2.45) is 0 Å². The Balaban J connectivity index is 2.97. The zero-order valence-corrected chi connectivity index (χ0v) is 7.93. The summed E-state index contributed by atoms with van der Waals surface area (Å²) in [6.45, 7) is 8.72. The zero-order chi connectivity index (χ0) is 8.53. The third-order valence-corrected chi connectivity index (χ3v) is 1.47. The Morgan fingerprint density at radius 3 is 2.45 bits per heavy atom. The van der Waals surface area contributed by atoms with Gasteiger partial charge in [-0.25, -0.2) is 0 Å². The molecule has 1 atom stereocenters. The molecule has 1 unspecified atom stereocenters. The maximum absolute atomic E-state index is 5.34. The molecule has 68 valence electrons. The van der Waals surface area contributed by atoms with Gasteiger partial charge in [0.2, 0.25) is 0 Å². The molecule has 0 aliphatic carbocycles. The van der Waals surface area contributed by atoms with Crippen LogP contribution in [0.1, 0.15) is 33.6 Å². The van der Waals surface area contributed by atoms with E-state index in [9.17, 15) is 0 Å². The van der Waals surface area contributed by atoms with Gasteiger partial charge in [-0.2, -0.15) is 0 Å². The second-order valence-corrected chi connectivity index (χ2v) is 2.67. The predicted octanol–water partition coefficient (Wildman–Crippen LogP) is 2.23. The number of ether oxygens (including phenoxy) is 2. The Kier molecular flexibility index (Phi) is 7.96. The predicted molar refractivity (Wildman–Crippen MR) is 46.8 cm³/mol. The first-order valence-corrected chi connectivity index (χ1v) is 4.50. The summed E-state index contributed by atoms with van der Waals surface area (Å²) >= 11 is 0. The molecule has 11 heavy (non-hydrogen) atoms. The maximum Gasteiger partial charge on any atom is 0.0568 e. The molecule has 0 aromatic heterocycles. The van der Waals surface area contributed by atoms with E-state index in [0.717, 1.165) is 32.7 Å².